The van der Waals surface area contributed by atoms with Crippen LogP contribution in [-0.4, -0.2) is 19.3 Å². The van der Waals surface area contributed by atoms with E-state index in [4.69, 9.17) is 4.42 Å². The van der Waals surface area contributed by atoms with Crippen LogP contribution in [0.4, 0.5) is 0 Å². The Hall–Kier alpha value is -2.18. The molecule has 0 aliphatic carbocycles. The van der Waals surface area contributed by atoms with Crippen LogP contribution in [0.25, 0.3) is 0 Å². The van der Waals surface area contributed by atoms with Crippen molar-refractivity contribution in [1.82, 2.24) is 19.3 Å². The quantitative estimate of drug-likeness (QED) is 0.735. The van der Waals surface area contributed by atoms with Gasteiger partial charge in [0.15, 0.2) is 0 Å². The number of nitrogens with zero attached hydrogens (tertiary/aromatic N) is 4. The summed E-state index contributed by atoms with van der Waals surface area (Å²) in [6, 6.07) is 1.34. The van der Waals surface area contributed by atoms with Gasteiger partial charge in [0.2, 0.25) is 11.8 Å². The van der Waals surface area contributed by atoms with Gasteiger partial charge in [-0.2, -0.15) is 0 Å². The number of hydrogen-bond acceptors (Lipinski definition) is 5. The van der Waals surface area contributed by atoms with Gasteiger partial charge in [0.25, 0.3) is 5.56 Å². The van der Waals surface area contributed by atoms with Crippen LogP contribution in [0, 0.1) is 6.92 Å². The Morgan fingerprint density at radius 1 is 1.35 bits per heavy atom. The maximum absolute atomic E-state index is 11.9. The zero-order valence-electron chi connectivity index (χ0n) is 9.58. The lowest BCUT2D eigenvalue weighted by Crippen LogP contribution is -2.39. The predicted octanol–water partition coefficient (Wildman–Crippen LogP) is -0.230. The molecule has 0 saturated carbocycles. The summed E-state index contributed by atoms with van der Waals surface area (Å²) in [6.07, 6.45) is 1.47. The van der Waals surface area contributed by atoms with E-state index in [1.807, 2.05) is 6.92 Å². The molecular weight excluding hydrogens is 224 g/mol. The molecule has 7 heteroatoms. The number of aromatic nitrogens is 4. The van der Waals surface area contributed by atoms with E-state index in [2.05, 4.69) is 10.2 Å². The molecule has 0 saturated heterocycles. The van der Waals surface area contributed by atoms with Gasteiger partial charge in [-0.1, -0.05) is 0 Å². The van der Waals surface area contributed by atoms with Crippen LogP contribution in [0.5, 0.6) is 0 Å². The second-order valence-electron chi connectivity index (χ2n) is 3.52. The summed E-state index contributed by atoms with van der Waals surface area (Å²) in [7, 11) is 0. The van der Waals surface area contributed by atoms with Crippen LogP contribution in [-0.2, 0) is 13.1 Å². The minimum atomic E-state index is -0.379. The molecule has 2 aromatic rings. The Morgan fingerprint density at radius 3 is 2.71 bits per heavy atom. The molecule has 17 heavy (non-hydrogen) atoms. The lowest BCUT2D eigenvalue weighted by molar-refractivity contribution is 0.441. The van der Waals surface area contributed by atoms with Crippen molar-refractivity contribution >= 4 is 0 Å². The largest absolute Gasteiger partial charge is 0.424 e. The Bertz CT molecular complexity index is 637. The Labute approximate surface area is 96.3 Å². The first kappa shape index (κ1) is 11.3. The second-order valence-corrected chi connectivity index (χ2v) is 3.52. The summed E-state index contributed by atoms with van der Waals surface area (Å²) < 4.78 is 7.64. The molecule has 0 fully saturated rings. The van der Waals surface area contributed by atoms with Crippen LogP contribution in [0.2, 0.25) is 0 Å². The third-order valence-electron chi connectivity index (χ3n) is 2.34. The first-order valence-corrected chi connectivity index (χ1v) is 5.21. The molecule has 0 aliphatic heterocycles. The van der Waals surface area contributed by atoms with E-state index in [0.717, 1.165) is 4.57 Å². The molecule has 0 N–H and O–H groups in total. The van der Waals surface area contributed by atoms with E-state index in [0.29, 0.717) is 12.4 Å². The minimum absolute atomic E-state index is 0.000648. The van der Waals surface area contributed by atoms with Crippen LogP contribution >= 0.6 is 0 Å². The highest BCUT2D eigenvalue weighted by Gasteiger charge is 2.09. The van der Waals surface area contributed by atoms with Crippen molar-refractivity contribution in [3.05, 3.63) is 44.9 Å². The van der Waals surface area contributed by atoms with Gasteiger partial charge < -0.3 is 8.98 Å². The monoisotopic (exact) mass is 236 g/mol. The molecule has 2 rings (SSSR count). The van der Waals surface area contributed by atoms with Gasteiger partial charge in [-0.05, 0) is 6.92 Å². The smallest absolute Gasteiger partial charge is 0.331 e. The van der Waals surface area contributed by atoms with Crippen LogP contribution in [0.3, 0.4) is 0 Å². The summed E-state index contributed by atoms with van der Waals surface area (Å²) in [5.41, 5.74) is -0.758. The van der Waals surface area contributed by atoms with E-state index in [1.54, 1.807) is 6.92 Å². The van der Waals surface area contributed by atoms with Gasteiger partial charge in [-0.25, -0.2) is 4.79 Å². The van der Waals surface area contributed by atoms with Gasteiger partial charge >= 0.3 is 5.69 Å². The minimum Gasteiger partial charge on any atom is -0.424 e. The van der Waals surface area contributed by atoms with E-state index in [9.17, 15) is 9.59 Å². The fraction of sp³-hybridized carbons (Fsp3) is 0.400. The molecule has 0 radical (unpaired) electrons. The average Bonchev–Trinajstić information content (AvgIpc) is 2.70. The number of rotatable bonds is 3. The van der Waals surface area contributed by atoms with Gasteiger partial charge in [0, 0.05) is 25.7 Å². The van der Waals surface area contributed by atoms with E-state index in [-0.39, 0.29) is 23.7 Å². The zero-order valence-corrected chi connectivity index (χ0v) is 9.58. The molecule has 0 bridgehead atoms. The van der Waals surface area contributed by atoms with Crippen LogP contribution < -0.4 is 11.2 Å². The standard InChI is InChI=1S/C10H12N4O3/c1-3-13-5-4-9(15)14(10(13)16)6-8-12-11-7(2)17-8/h4-5H,3,6H2,1-2H3. The summed E-state index contributed by atoms with van der Waals surface area (Å²) in [5.74, 6) is 0.648. The number of aryl methyl sites for hydroxylation is 2. The molecule has 0 unspecified atom stereocenters. The molecular formula is C10H12N4O3. The summed E-state index contributed by atoms with van der Waals surface area (Å²) in [4.78, 5) is 23.4. The molecule has 0 aromatic carbocycles. The SMILES string of the molecule is CCn1ccc(=O)n(Cc2nnc(C)o2)c1=O. The highest BCUT2D eigenvalue weighted by atomic mass is 16.4. The van der Waals surface area contributed by atoms with Crippen molar-refractivity contribution in [2.24, 2.45) is 0 Å². The fourth-order valence-electron chi connectivity index (χ4n) is 1.48. The maximum Gasteiger partial charge on any atom is 0.331 e. The lowest BCUT2D eigenvalue weighted by Gasteiger charge is -2.05. The zero-order chi connectivity index (χ0) is 12.4. The summed E-state index contributed by atoms with van der Waals surface area (Å²) in [5, 5.41) is 7.40. The van der Waals surface area contributed by atoms with Crippen molar-refractivity contribution in [3.8, 4) is 0 Å². The van der Waals surface area contributed by atoms with Gasteiger partial charge in [0.05, 0.1) is 0 Å². The normalized spacial score (nSPS) is 10.7. The van der Waals surface area contributed by atoms with Crippen LogP contribution in [0.1, 0.15) is 18.7 Å². The first-order valence-electron chi connectivity index (χ1n) is 5.21. The van der Waals surface area contributed by atoms with E-state index >= 15 is 0 Å². The van der Waals surface area contributed by atoms with Crippen molar-refractivity contribution < 1.29 is 4.42 Å². The number of hydrogen-bond donors (Lipinski definition) is 0. The summed E-state index contributed by atoms with van der Waals surface area (Å²) >= 11 is 0. The van der Waals surface area contributed by atoms with Crippen molar-refractivity contribution in [3.63, 3.8) is 0 Å². The van der Waals surface area contributed by atoms with Gasteiger partial charge in [0.1, 0.15) is 6.54 Å². The summed E-state index contributed by atoms with van der Waals surface area (Å²) in [6.45, 7) is 3.98. The molecule has 0 atom stereocenters. The van der Waals surface area contributed by atoms with Gasteiger partial charge in [-0.3, -0.25) is 9.36 Å². The van der Waals surface area contributed by atoms with Crippen molar-refractivity contribution in [2.75, 3.05) is 0 Å². The van der Waals surface area contributed by atoms with Crippen molar-refractivity contribution in [1.29, 1.82) is 0 Å². The van der Waals surface area contributed by atoms with Crippen molar-refractivity contribution in [2.45, 2.75) is 26.9 Å². The molecule has 0 spiro atoms. The highest BCUT2D eigenvalue weighted by molar-refractivity contribution is 4.90. The Balaban J connectivity index is 2.45. The lowest BCUT2D eigenvalue weighted by atomic mass is 10.5. The predicted molar refractivity (Wildman–Crippen MR) is 58.8 cm³/mol. The van der Waals surface area contributed by atoms with Crippen LogP contribution in [0.15, 0.2) is 26.3 Å². The molecule has 2 heterocycles. The topological polar surface area (TPSA) is 82.9 Å². The first-order chi connectivity index (χ1) is 8.11. The third kappa shape index (κ3) is 2.17. The Morgan fingerprint density at radius 2 is 2.12 bits per heavy atom. The third-order valence-corrected chi connectivity index (χ3v) is 2.34. The molecule has 7 nitrogen and oxygen atoms in total. The second kappa shape index (κ2) is 4.36. The fourth-order valence-corrected chi connectivity index (χ4v) is 1.48. The molecule has 90 valence electrons. The van der Waals surface area contributed by atoms with E-state index in [1.165, 1.54) is 16.8 Å². The average molecular weight is 236 g/mol. The highest BCUT2D eigenvalue weighted by Crippen LogP contribution is 1.97. The van der Waals surface area contributed by atoms with Gasteiger partial charge in [-0.15, -0.1) is 10.2 Å². The molecule has 0 amide bonds. The maximum atomic E-state index is 11.9. The Kier molecular flexibility index (Phi) is 2.90. The van der Waals surface area contributed by atoms with E-state index < -0.39 is 0 Å². The molecule has 2 aromatic heterocycles. The molecule has 0 aliphatic rings.